The van der Waals surface area contributed by atoms with Gasteiger partial charge in [-0.25, -0.2) is 0 Å². The van der Waals surface area contributed by atoms with E-state index in [4.69, 9.17) is 4.74 Å². The van der Waals surface area contributed by atoms with Crippen LogP contribution in [0.25, 0.3) is 12.2 Å². The topological polar surface area (TPSA) is 46.5 Å². The van der Waals surface area contributed by atoms with Gasteiger partial charge in [-0.3, -0.25) is 4.79 Å². The van der Waals surface area contributed by atoms with Crippen molar-refractivity contribution in [1.29, 1.82) is 0 Å². The van der Waals surface area contributed by atoms with Gasteiger partial charge < -0.3 is 9.84 Å². The van der Waals surface area contributed by atoms with Crippen LogP contribution < -0.4 is 4.74 Å². The highest BCUT2D eigenvalue weighted by atomic mass is 32.2. The van der Waals surface area contributed by atoms with Crippen molar-refractivity contribution < 1.29 is 14.6 Å². The molecule has 0 aliphatic carbocycles. The Labute approximate surface area is 176 Å². The van der Waals surface area contributed by atoms with Crippen LogP contribution in [-0.2, 0) is 11.2 Å². The van der Waals surface area contributed by atoms with Gasteiger partial charge in [0.25, 0.3) is 0 Å². The molecule has 3 aromatic rings. The quantitative estimate of drug-likeness (QED) is 0.349. The average molecular weight is 405 g/mol. The first-order chi connectivity index (χ1) is 14.1. The van der Waals surface area contributed by atoms with Crippen LogP contribution in [0.1, 0.15) is 23.1 Å². The summed E-state index contributed by atoms with van der Waals surface area (Å²) in [6.07, 6.45) is 4.94. The van der Waals surface area contributed by atoms with E-state index in [0.29, 0.717) is 0 Å². The molecule has 0 heterocycles. The Balaban J connectivity index is 1.67. The summed E-state index contributed by atoms with van der Waals surface area (Å²) in [7, 11) is 1.67. The number of benzene rings is 3. The first-order valence-corrected chi connectivity index (χ1v) is 10.4. The van der Waals surface area contributed by atoms with E-state index in [2.05, 4.69) is 12.1 Å². The third-order valence-corrected chi connectivity index (χ3v) is 5.70. The number of hydrogen-bond acceptors (Lipinski definition) is 3. The molecule has 0 aliphatic rings. The molecule has 4 heteroatoms. The molecular weight excluding hydrogens is 380 g/mol. The second kappa shape index (κ2) is 10.5. The highest BCUT2D eigenvalue weighted by molar-refractivity contribution is 8.00. The number of methoxy groups -OCH3 is 1. The lowest BCUT2D eigenvalue weighted by atomic mass is 10.1. The minimum absolute atomic E-state index is 0.00938. The second-order valence-electron chi connectivity index (χ2n) is 6.67. The van der Waals surface area contributed by atoms with E-state index in [1.54, 1.807) is 18.9 Å². The first-order valence-electron chi connectivity index (χ1n) is 9.47. The van der Waals surface area contributed by atoms with Crippen molar-refractivity contribution in [3.05, 3.63) is 95.6 Å². The maximum atomic E-state index is 11.3. The molecule has 1 N–H and O–H groups in total. The van der Waals surface area contributed by atoms with Gasteiger partial charge in [0.1, 0.15) is 5.75 Å². The van der Waals surface area contributed by atoms with E-state index in [9.17, 15) is 9.90 Å². The summed E-state index contributed by atoms with van der Waals surface area (Å²) in [5.74, 6) is 0.0724. The summed E-state index contributed by atoms with van der Waals surface area (Å²) in [6, 6.07) is 26.1. The van der Waals surface area contributed by atoms with Crippen molar-refractivity contribution in [3.8, 4) is 5.75 Å². The predicted octanol–water partition coefficient (Wildman–Crippen LogP) is 6.04. The number of carboxylic acid groups (broad SMARTS) is 1. The molecule has 0 fully saturated rings. The molecule has 29 heavy (non-hydrogen) atoms. The van der Waals surface area contributed by atoms with E-state index in [-0.39, 0.29) is 11.7 Å². The third kappa shape index (κ3) is 6.54. The van der Waals surface area contributed by atoms with E-state index in [1.165, 1.54) is 0 Å². The summed E-state index contributed by atoms with van der Waals surface area (Å²) in [6.45, 7) is 0. The number of para-hydroxylation sites is 1. The fourth-order valence-electron chi connectivity index (χ4n) is 3.07. The van der Waals surface area contributed by atoms with Crippen LogP contribution in [0, 0.1) is 0 Å². The fraction of sp³-hybridized carbons (Fsp3) is 0.160. The van der Waals surface area contributed by atoms with Gasteiger partial charge in [-0.05, 0) is 35.7 Å². The highest BCUT2D eigenvalue weighted by Crippen LogP contribution is 2.29. The molecule has 3 nitrogen and oxygen atoms in total. The minimum atomic E-state index is -0.769. The van der Waals surface area contributed by atoms with Gasteiger partial charge in [0, 0.05) is 15.7 Å². The van der Waals surface area contributed by atoms with Crippen molar-refractivity contribution in [2.75, 3.05) is 7.11 Å². The van der Waals surface area contributed by atoms with E-state index >= 15 is 0 Å². The Morgan fingerprint density at radius 1 is 0.966 bits per heavy atom. The van der Waals surface area contributed by atoms with Crippen LogP contribution in [-0.4, -0.2) is 23.4 Å². The lowest BCUT2D eigenvalue weighted by Crippen LogP contribution is -2.13. The van der Waals surface area contributed by atoms with Crippen molar-refractivity contribution in [1.82, 2.24) is 0 Å². The van der Waals surface area contributed by atoms with Crippen molar-refractivity contribution >= 4 is 29.9 Å². The number of rotatable bonds is 9. The van der Waals surface area contributed by atoms with Crippen LogP contribution in [0.15, 0.2) is 83.8 Å². The molecule has 1 unspecified atom stereocenters. The molecule has 3 aromatic carbocycles. The van der Waals surface area contributed by atoms with E-state index in [0.717, 1.165) is 33.8 Å². The lowest BCUT2D eigenvalue weighted by molar-refractivity contribution is -0.136. The zero-order chi connectivity index (χ0) is 20.5. The summed E-state index contributed by atoms with van der Waals surface area (Å²) in [4.78, 5) is 12.4. The normalized spacial score (nSPS) is 12.0. The first kappa shape index (κ1) is 20.7. The van der Waals surface area contributed by atoms with Crippen LogP contribution in [0.2, 0.25) is 0 Å². The molecule has 0 saturated heterocycles. The van der Waals surface area contributed by atoms with Gasteiger partial charge in [-0.2, -0.15) is 0 Å². The molecule has 0 spiro atoms. The van der Waals surface area contributed by atoms with E-state index < -0.39 is 5.97 Å². The van der Waals surface area contributed by atoms with Gasteiger partial charge in [-0.15, -0.1) is 11.8 Å². The zero-order valence-corrected chi connectivity index (χ0v) is 17.1. The summed E-state index contributed by atoms with van der Waals surface area (Å²) >= 11 is 1.62. The Morgan fingerprint density at radius 3 is 2.34 bits per heavy atom. The molecular formula is C25H24O3S. The van der Waals surface area contributed by atoms with Crippen LogP contribution in [0.4, 0.5) is 0 Å². The molecule has 0 amide bonds. The molecule has 148 valence electrons. The average Bonchev–Trinajstić information content (AvgIpc) is 2.73. The Kier molecular flexibility index (Phi) is 7.54. The number of hydrogen-bond donors (Lipinski definition) is 1. The van der Waals surface area contributed by atoms with Crippen molar-refractivity contribution in [3.63, 3.8) is 0 Å². The molecule has 0 bridgehead atoms. The Bertz CT molecular complexity index is 949. The third-order valence-electron chi connectivity index (χ3n) is 4.49. The number of ether oxygens (including phenoxy) is 1. The second-order valence-corrected chi connectivity index (χ2v) is 8.05. The molecule has 0 aliphatic heterocycles. The van der Waals surface area contributed by atoms with Crippen molar-refractivity contribution in [2.45, 2.75) is 23.0 Å². The number of carbonyl (C=O) groups is 1. The van der Waals surface area contributed by atoms with Crippen LogP contribution in [0.3, 0.4) is 0 Å². The number of carboxylic acids is 1. The van der Waals surface area contributed by atoms with Gasteiger partial charge >= 0.3 is 5.97 Å². The molecule has 3 rings (SSSR count). The zero-order valence-electron chi connectivity index (χ0n) is 16.3. The predicted molar refractivity (Wildman–Crippen MR) is 120 cm³/mol. The smallest absolute Gasteiger partial charge is 0.304 e. The van der Waals surface area contributed by atoms with Crippen LogP contribution in [0.5, 0.6) is 5.75 Å². The molecule has 0 aromatic heterocycles. The summed E-state index contributed by atoms with van der Waals surface area (Å²) in [5.41, 5.74) is 3.26. The largest absolute Gasteiger partial charge is 0.496 e. The van der Waals surface area contributed by atoms with Gasteiger partial charge in [-0.1, -0.05) is 72.8 Å². The van der Waals surface area contributed by atoms with Gasteiger partial charge in [0.2, 0.25) is 0 Å². The van der Waals surface area contributed by atoms with Gasteiger partial charge in [0.05, 0.1) is 13.5 Å². The van der Waals surface area contributed by atoms with E-state index in [1.807, 2.05) is 78.9 Å². The summed E-state index contributed by atoms with van der Waals surface area (Å²) in [5, 5.41) is 9.26. The molecule has 0 radical (unpaired) electrons. The maximum absolute atomic E-state index is 11.3. The van der Waals surface area contributed by atoms with Crippen molar-refractivity contribution in [2.24, 2.45) is 0 Å². The highest BCUT2D eigenvalue weighted by Gasteiger charge is 2.15. The number of thioether (sulfide) groups is 1. The summed E-state index contributed by atoms with van der Waals surface area (Å²) < 4.78 is 5.37. The van der Waals surface area contributed by atoms with Crippen LogP contribution >= 0.6 is 11.8 Å². The Hall–Kier alpha value is -2.98. The maximum Gasteiger partial charge on any atom is 0.304 e. The fourth-order valence-corrected chi connectivity index (χ4v) is 4.25. The standard InChI is InChI=1S/C25H24O3S/c1-28-24-10-6-5-9-21(24)14-11-19-12-15-22(16-13-19)29-23(18-25(26)27)17-20-7-3-2-4-8-20/h2-16,23H,17-18H2,1H3,(H,26,27)/b14-11+. The lowest BCUT2D eigenvalue weighted by Gasteiger charge is -2.15. The SMILES string of the molecule is COc1ccccc1/C=C/c1ccc(SC(CC(=O)O)Cc2ccccc2)cc1. The monoisotopic (exact) mass is 404 g/mol. The molecule has 1 atom stereocenters. The Morgan fingerprint density at radius 2 is 1.66 bits per heavy atom. The number of aliphatic carboxylic acids is 1. The minimum Gasteiger partial charge on any atom is -0.496 e. The van der Waals surface area contributed by atoms with Gasteiger partial charge in [0.15, 0.2) is 0 Å². The molecule has 0 saturated carbocycles.